The van der Waals surface area contributed by atoms with Gasteiger partial charge in [0.25, 0.3) is 0 Å². The molecule has 0 aliphatic carbocycles. The third-order valence-electron chi connectivity index (χ3n) is 2.88. The van der Waals surface area contributed by atoms with Gasteiger partial charge in [-0.2, -0.15) is 0 Å². The summed E-state index contributed by atoms with van der Waals surface area (Å²) in [6.07, 6.45) is 2.17. The van der Waals surface area contributed by atoms with Crippen LogP contribution in [0.5, 0.6) is 0 Å². The topological polar surface area (TPSA) is 46.2 Å². The molecule has 0 heterocycles. The average molecular weight is 306 g/mol. The summed E-state index contributed by atoms with van der Waals surface area (Å²) in [6.45, 7) is 13.1. The van der Waals surface area contributed by atoms with E-state index in [0.717, 1.165) is 19.4 Å². The molecule has 0 amide bonds. The number of unbranched alkanes of at least 4 members (excludes halogenated alkanes) is 1. The van der Waals surface area contributed by atoms with Crippen LogP contribution in [0.3, 0.4) is 0 Å². The van der Waals surface area contributed by atoms with E-state index in [1.165, 1.54) is 0 Å². The lowest BCUT2D eigenvalue weighted by Gasteiger charge is -2.21. The molecule has 0 aromatic carbocycles. The Bertz CT molecular complexity index is 201. The van der Waals surface area contributed by atoms with E-state index in [2.05, 4.69) is 6.92 Å². The molecule has 0 saturated carbocycles. The predicted octanol–water partition coefficient (Wildman–Crippen LogP) is 2.67. The Balaban J connectivity index is 3.93. The lowest BCUT2D eigenvalue weighted by molar-refractivity contribution is -0.0921. The molecule has 5 heteroatoms. The molecule has 0 bridgehead atoms. The molecule has 0 spiro atoms. The van der Waals surface area contributed by atoms with Crippen LogP contribution in [0.1, 0.15) is 40.5 Å². The summed E-state index contributed by atoms with van der Waals surface area (Å²) in [4.78, 5) is 0. The molecule has 0 aromatic heterocycles. The van der Waals surface area contributed by atoms with Crippen LogP contribution >= 0.6 is 0 Å². The van der Waals surface area contributed by atoms with E-state index in [1.54, 1.807) is 0 Å². The number of ether oxygens (including phenoxy) is 5. The summed E-state index contributed by atoms with van der Waals surface area (Å²) < 4.78 is 27.9. The first kappa shape index (κ1) is 20.8. The summed E-state index contributed by atoms with van der Waals surface area (Å²) in [5.41, 5.74) is 0. The molecule has 0 fully saturated rings. The van der Waals surface area contributed by atoms with Crippen LogP contribution in [0.4, 0.5) is 0 Å². The molecular formula is C16H34O5. The van der Waals surface area contributed by atoms with Crippen LogP contribution in [0, 0.1) is 0 Å². The van der Waals surface area contributed by atoms with Gasteiger partial charge in [-0.05, 0) is 27.2 Å². The van der Waals surface area contributed by atoms with Crippen molar-refractivity contribution in [1.29, 1.82) is 0 Å². The SMILES string of the molecule is CCCCOC(COCC)COCC(COCC)OCC. The van der Waals surface area contributed by atoms with Gasteiger partial charge in [0.05, 0.1) is 26.4 Å². The van der Waals surface area contributed by atoms with Crippen molar-refractivity contribution in [2.75, 3.05) is 52.9 Å². The van der Waals surface area contributed by atoms with Gasteiger partial charge in [0.2, 0.25) is 0 Å². The lowest BCUT2D eigenvalue weighted by Crippen LogP contribution is -2.31. The Morgan fingerprint density at radius 2 is 1.14 bits per heavy atom. The Labute approximate surface area is 130 Å². The largest absolute Gasteiger partial charge is 0.379 e. The summed E-state index contributed by atoms with van der Waals surface area (Å²) in [5.74, 6) is 0. The van der Waals surface area contributed by atoms with Crippen LogP contribution in [0.2, 0.25) is 0 Å². The minimum atomic E-state index is -0.0154. The number of rotatable bonds is 16. The lowest BCUT2D eigenvalue weighted by atomic mass is 10.3. The fourth-order valence-electron chi connectivity index (χ4n) is 1.75. The third kappa shape index (κ3) is 13.2. The van der Waals surface area contributed by atoms with Crippen molar-refractivity contribution in [2.45, 2.75) is 52.7 Å². The van der Waals surface area contributed by atoms with E-state index in [0.29, 0.717) is 46.2 Å². The van der Waals surface area contributed by atoms with Gasteiger partial charge in [-0.3, -0.25) is 0 Å². The minimum absolute atomic E-state index is 0.00845. The Kier molecular flexibility index (Phi) is 16.0. The molecule has 0 aliphatic rings. The molecule has 2 unspecified atom stereocenters. The normalized spacial score (nSPS) is 14.3. The average Bonchev–Trinajstić information content (AvgIpc) is 2.49. The summed E-state index contributed by atoms with van der Waals surface area (Å²) in [7, 11) is 0. The Hall–Kier alpha value is -0.200. The first-order valence-electron chi connectivity index (χ1n) is 8.24. The van der Waals surface area contributed by atoms with Crippen molar-refractivity contribution in [3.8, 4) is 0 Å². The van der Waals surface area contributed by atoms with E-state index in [4.69, 9.17) is 23.7 Å². The zero-order valence-electron chi connectivity index (χ0n) is 14.3. The third-order valence-corrected chi connectivity index (χ3v) is 2.88. The highest BCUT2D eigenvalue weighted by Crippen LogP contribution is 2.01. The second-order valence-corrected chi connectivity index (χ2v) is 4.78. The Morgan fingerprint density at radius 1 is 0.619 bits per heavy atom. The van der Waals surface area contributed by atoms with E-state index in [9.17, 15) is 0 Å². The van der Waals surface area contributed by atoms with Crippen molar-refractivity contribution in [3.05, 3.63) is 0 Å². The molecule has 0 aliphatic heterocycles. The molecule has 0 aromatic rings. The van der Waals surface area contributed by atoms with Gasteiger partial charge in [-0.1, -0.05) is 13.3 Å². The molecule has 128 valence electrons. The zero-order chi connectivity index (χ0) is 15.8. The minimum Gasteiger partial charge on any atom is -0.379 e. The molecule has 5 nitrogen and oxygen atoms in total. The molecule has 0 rings (SSSR count). The molecule has 0 N–H and O–H groups in total. The van der Waals surface area contributed by atoms with E-state index in [-0.39, 0.29) is 12.2 Å². The second kappa shape index (κ2) is 16.2. The van der Waals surface area contributed by atoms with Crippen LogP contribution in [-0.2, 0) is 23.7 Å². The van der Waals surface area contributed by atoms with Crippen molar-refractivity contribution in [2.24, 2.45) is 0 Å². The summed E-state index contributed by atoms with van der Waals surface area (Å²) in [5, 5.41) is 0. The fourth-order valence-corrected chi connectivity index (χ4v) is 1.75. The highest BCUT2D eigenvalue weighted by atomic mass is 16.6. The number of hydrogen-bond acceptors (Lipinski definition) is 5. The van der Waals surface area contributed by atoms with Gasteiger partial charge >= 0.3 is 0 Å². The van der Waals surface area contributed by atoms with Crippen LogP contribution in [0.15, 0.2) is 0 Å². The van der Waals surface area contributed by atoms with Crippen molar-refractivity contribution >= 4 is 0 Å². The summed E-state index contributed by atoms with van der Waals surface area (Å²) in [6, 6.07) is 0. The van der Waals surface area contributed by atoms with Crippen LogP contribution in [0.25, 0.3) is 0 Å². The van der Waals surface area contributed by atoms with Crippen LogP contribution < -0.4 is 0 Å². The van der Waals surface area contributed by atoms with E-state index >= 15 is 0 Å². The van der Waals surface area contributed by atoms with Gasteiger partial charge in [0.1, 0.15) is 12.2 Å². The molecule has 2 atom stereocenters. The van der Waals surface area contributed by atoms with Crippen molar-refractivity contribution < 1.29 is 23.7 Å². The molecule has 21 heavy (non-hydrogen) atoms. The highest BCUT2D eigenvalue weighted by molar-refractivity contribution is 4.59. The predicted molar refractivity (Wildman–Crippen MR) is 83.9 cm³/mol. The number of hydrogen-bond donors (Lipinski definition) is 0. The van der Waals surface area contributed by atoms with Gasteiger partial charge < -0.3 is 23.7 Å². The highest BCUT2D eigenvalue weighted by Gasteiger charge is 2.13. The van der Waals surface area contributed by atoms with Crippen LogP contribution in [-0.4, -0.2) is 65.1 Å². The summed E-state index contributed by atoms with van der Waals surface area (Å²) >= 11 is 0. The second-order valence-electron chi connectivity index (χ2n) is 4.78. The molecule has 0 saturated heterocycles. The standard InChI is InChI=1S/C16H34O5/c1-5-9-10-21-16(12-18-7-3)14-19-13-15(20-8-4)11-17-6-2/h15-16H,5-14H2,1-4H3. The quantitative estimate of drug-likeness (QED) is 0.410. The maximum atomic E-state index is 5.79. The zero-order valence-corrected chi connectivity index (χ0v) is 14.3. The van der Waals surface area contributed by atoms with E-state index in [1.807, 2.05) is 20.8 Å². The van der Waals surface area contributed by atoms with Crippen molar-refractivity contribution in [1.82, 2.24) is 0 Å². The monoisotopic (exact) mass is 306 g/mol. The molecular weight excluding hydrogens is 272 g/mol. The Morgan fingerprint density at radius 3 is 1.62 bits per heavy atom. The first-order valence-corrected chi connectivity index (χ1v) is 8.24. The maximum absolute atomic E-state index is 5.79. The van der Waals surface area contributed by atoms with Gasteiger partial charge in [-0.15, -0.1) is 0 Å². The maximum Gasteiger partial charge on any atom is 0.104 e. The van der Waals surface area contributed by atoms with Crippen molar-refractivity contribution in [3.63, 3.8) is 0 Å². The fraction of sp³-hybridized carbons (Fsp3) is 1.00. The van der Waals surface area contributed by atoms with Gasteiger partial charge in [0.15, 0.2) is 0 Å². The smallest absolute Gasteiger partial charge is 0.104 e. The first-order chi connectivity index (χ1) is 10.3. The van der Waals surface area contributed by atoms with E-state index < -0.39 is 0 Å². The van der Waals surface area contributed by atoms with Gasteiger partial charge in [0, 0.05) is 26.4 Å². The van der Waals surface area contributed by atoms with Gasteiger partial charge in [-0.25, -0.2) is 0 Å². The molecule has 0 radical (unpaired) electrons.